The fourth-order valence-electron chi connectivity index (χ4n) is 3.63. The maximum atomic E-state index is 14.3. The SMILES string of the molecule is C[C@H]1CCCN(C(=O)c2ccc(F)c(S(=O)(=O)N3CCCCC3)c2)C1. The average molecular weight is 368 g/mol. The van der Waals surface area contributed by atoms with Crippen molar-refractivity contribution in [3.8, 4) is 0 Å². The maximum absolute atomic E-state index is 14.3. The van der Waals surface area contributed by atoms with Gasteiger partial charge in [-0.2, -0.15) is 4.31 Å². The van der Waals surface area contributed by atoms with Gasteiger partial charge in [0.25, 0.3) is 5.91 Å². The lowest BCUT2D eigenvalue weighted by Gasteiger charge is -2.31. The summed E-state index contributed by atoms with van der Waals surface area (Å²) >= 11 is 0. The number of piperidine rings is 2. The van der Waals surface area contributed by atoms with Gasteiger partial charge in [0.15, 0.2) is 0 Å². The lowest BCUT2D eigenvalue weighted by molar-refractivity contribution is 0.0682. The summed E-state index contributed by atoms with van der Waals surface area (Å²) < 4.78 is 41.1. The molecule has 1 atom stereocenters. The average Bonchev–Trinajstić information content (AvgIpc) is 2.62. The Hall–Kier alpha value is -1.47. The summed E-state index contributed by atoms with van der Waals surface area (Å²) in [6.07, 6.45) is 4.57. The second kappa shape index (κ2) is 7.41. The van der Waals surface area contributed by atoms with Crippen LogP contribution in [0.3, 0.4) is 0 Å². The van der Waals surface area contributed by atoms with E-state index in [1.807, 2.05) is 0 Å². The van der Waals surface area contributed by atoms with Crippen LogP contribution in [0.25, 0.3) is 0 Å². The van der Waals surface area contributed by atoms with Crippen molar-refractivity contribution in [2.24, 2.45) is 5.92 Å². The standard InChI is InChI=1S/C18H25FN2O3S/c1-14-6-5-9-20(13-14)18(22)15-7-8-16(19)17(12-15)25(23,24)21-10-3-2-4-11-21/h7-8,12,14H,2-6,9-11,13H2,1H3/t14-/m0/s1. The first-order valence-corrected chi connectivity index (χ1v) is 10.4. The van der Waals surface area contributed by atoms with Gasteiger partial charge in [-0.1, -0.05) is 13.3 Å². The summed E-state index contributed by atoms with van der Waals surface area (Å²) in [6, 6.07) is 3.68. The number of nitrogens with zero attached hydrogens (tertiary/aromatic N) is 2. The normalized spacial score (nSPS) is 22.8. The minimum atomic E-state index is -3.90. The molecule has 2 heterocycles. The summed E-state index contributed by atoms with van der Waals surface area (Å²) in [5.74, 6) is -0.592. The molecule has 1 aromatic carbocycles. The van der Waals surface area contributed by atoms with E-state index in [0.717, 1.165) is 38.2 Å². The number of carbonyl (C=O) groups excluding carboxylic acids is 1. The van der Waals surface area contributed by atoms with Crippen molar-refractivity contribution in [2.45, 2.75) is 43.9 Å². The zero-order valence-electron chi connectivity index (χ0n) is 14.6. The summed E-state index contributed by atoms with van der Waals surface area (Å²) in [7, 11) is -3.90. The molecule has 138 valence electrons. The molecule has 0 radical (unpaired) electrons. The van der Waals surface area contributed by atoms with E-state index in [0.29, 0.717) is 32.1 Å². The van der Waals surface area contributed by atoms with Crippen molar-refractivity contribution in [1.29, 1.82) is 0 Å². The minimum Gasteiger partial charge on any atom is -0.338 e. The van der Waals surface area contributed by atoms with Crippen LogP contribution >= 0.6 is 0 Å². The van der Waals surface area contributed by atoms with Crippen molar-refractivity contribution in [3.05, 3.63) is 29.6 Å². The molecule has 1 amide bonds. The van der Waals surface area contributed by atoms with Gasteiger partial charge in [-0.05, 0) is 49.8 Å². The predicted molar refractivity (Wildman–Crippen MR) is 93.3 cm³/mol. The van der Waals surface area contributed by atoms with Crippen molar-refractivity contribution >= 4 is 15.9 Å². The number of rotatable bonds is 3. The van der Waals surface area contributed by atoms with E-state index in [1.54, 1.807) is 4.90 Å². The van der Waals surface area contributed by atoms with Crippen LogP contribution in [0, 0.1) is 11.7 Å². The Morgan fingerprint density at radius 3 is 2.52 bits per heavy atom. The monoisotopic (exact) mass is 368 g/mol. The number of benzene rings is 1. The van der Waals surface area contributed by atoms with Crippen LogP contribution in [0.1, 0.15) is 49.4 Å². The van der Waals surface area contributed by atoms with Gasteiger partial charge in [0.2, 0.25) is 10.0 Å². The molecule has 0 unspecified atom stereocenters. The smallest absolute Gasteiger partial charge is 0.253 e. The van der Waals surface area contributed by atoms with Gasteiger partial charge in [-0.3, -0.25) is 4.79 Å². The summed E-state index contributed by atoms with van der Waals surface area (Å²) in [5, 5.41) is 0. The van der Waals surface area contributed by atoms with E-state index in [-0.39, 0.29) is 16.4 Å². The first-order valence-electron chi connectivity index (χ1n) is 8.98. The molecule has 0 N–H and O–H groups in total. The molecular weight excluding hydrogens is 343 g/mol. The second-order valence-electron chi connectivity index (χ2n) is 7.11. The highest BCUT2D eigenvalue weighted by molar-refractivity contribution is 7.89. The second-order valence-corrected chi connectivity index (χ2v) is 9.01. The molecule has 0 bridgehead atoms. The molecule has 2 aliphatic rings. The van der Waals surface area contributed by atoms with Crippen LogP contribution in [0.5, 0.6) is 0 Å². The first-order chi connectivity index (χ1) is 11.9. The Morgan fingerprint density at radius 1 is 1.12 bits per heavy atom. The van der Waals surface area contributed by atoms with Crippen molar-refractivity contribution in [3.63, 3.8) is 0 Å². The fourth-order valence-corrected chi connectivity index (χ4v) is 5.24. The van der Waals surface area contributed by atoms with E-state index in [2.05, 4.69) is 6.92 Å². The number of carbonyl (C=O) groups is 1. The van der Waals surface area contributed by atoms with Gasteiger partial charge in [0.05, 0.1) is 0 Å². The predicted octanol–water partition coefficient (Wildman–Crippen LogP) is 2.87. The van der Waals surface area contributed by atoms with E-state index < -0.39 is 15.8 Å². The van der Waals surface area contributed by atoms with Crippen LogP contribution in [0.15, 0.2) is 23.1 Å². The molecule has 3 rings (SSSR count). The summed E-state index contributed by atoms with van der Waals surface area (Å²) in [6.45, 7) is 4.22. The summed E-state index contributed by atoms with van der Waals surface area (Å²) in [4.78, 5) is 14.1. The Bertz CT molecular complexity index is 745. The highest BCUT2D eigenvalue weighted by Crippen LogP contribution is 2.25. The zero-order chi connectivity index (χ0) is 18.0. The van der Waals surface area contributed by atoms with Crippen LogP contribution in [-0.2, 0) is 10.0 Å². The molecule has 2 fully saturated rings. The molecule has 0 saturated carbocycles. The maximum Gasteiger partial charge on any atom is 0.253 e. The van der Waals surface area contributed by atoms with E-state index in [9.17, 15) is 17.6 Å². The van der Waals surface area contributed by atoms with Crippen LogP contribution < -0.4 is 0 Å². The molecule has 0 aromatic heterocycles. The topological polar surface area (TPSA) is 57.7 Å². The van der Waals surface area contributed by atoms with Gasteiger partial charge in [-0.25, -0.2) is 12.8 Å². The van der Waals surface area contributed by atoms with Crippen LogP contribution in [-0.4, -0.2) is 49.7 Å². The molecular formula is C18H25FN2O3S. The molecule has 25 heavy (non-hydrogen) atoms. The van der Waals surface area contributed by atoms with E-state index in [4.69, 9.17) is 0 Å². The van der Waals surface area contributed by atoms with Gasteiger partial charge < -0.3 is 4.90 Å². The number of halogens is 1. The van der Waals surface area contributed by atoms with E-state index >= 15 is 0 Å². The quantitative estimate of drug-likeness (QED) is 0.824. The molecule has 2 saturated heterocycles. The highest BCUT2D eigenvalue weighted by atomic mass is 32.2. The van der Waals surface area contributed by atoms with Gasteiger partial charge in [-0.15, -0.1) is 0 Å². The number of hydrogen-bond donors (Lipinski definition) is 0. The number of hydrogen-bond acceptors (Lipinski definition) is 3. The molecule has 2 aliphatic heterocycles. The molecule has 5 nitrogen and oxygen atoms in total. The van der Waals surface area contributed by atoms with Crippen molar-refractivity contribution in [1.82, 2.24) is 9.21 Å². The van der Waals surface area contributed by atoms with Gasteiger partial charge in [0, 0.05) is 31.7 Å². The number of sulfonamides is 1. The third-order valence-corrected chi connectivity index (χ3v) is 6.97. The number of amides is 1. The van der Waals surface area contributed by atoms with Gasteiger partial charge >= 0.3 is 0 Å². The third-order valence-electron chi connectivity index (χ3n) is 5.06. The lowest BCUT2D eigenvalue weighted by Crippen LogP contribution is -2.39. The van der Waals surface area contributed by atoms with Crippen LogP contribution in [0.4, 0.5) is 4.39 Å². The van der Waals surface area contributed by atoms with E-state index in [1.165, 1.54) is 16.4 Å². The minimum absolute atomic E-state index is 0.221. The summed E-state index contributed by atoms with van der Waals surface area (Å²) in [5.41, 5.74) is 0.242. The molecule has 1 aromatic rings. The highest BCUT2D eigenvalue weighted by Gasteiger charge is 2.30. The molecule has 0 aliphatic carbocycles. The third kappa shape index (κ3) is 3.87. The number of likely N-dealkylation sites (tertiary alicyclic amines) is 1. The molecule has 7 heteroatoms. The first kappa shape index (κ1) is 18.3. The largest absolute Gasteiger partial charge is 0.338 e. The van der Waals surface area contributed by atoms with Crippen molar-refractivity contribution < 1.29 is 17.6 Å². The van der Waals surface area contributed by atoms with Crippen LogP contribution in [0.2, 0.25) is 0 Å². The Morgan fingerprint density at radius 2 is 1.84 bits per heavy atom. The molecule has 0 spiro atoms. The zero-order valence-corrected chi connectivity index (χ0v) is 15.4. The lowest BCUT2D eigenvalue weighted by atomic mass is 9.99. The fraction of sp³-hybridized carbons (Fsp3) is 0.611. The Labute approximate surface area is 148 Å². The van der Waals surface area contributed by atoms with Crippen molar-refractivity contribution in [2.75, 3.05) is 26.2 Å². The Kier molecular flexibility index (Phi) is 5.43. The van der Waals surface area contributed by atoms with Gasteiger partial charge in [0.1, 0.15) is 10.7 Å². The Balaban J connectivity index is 1.88.